The number of tetrazole rings is 1. The molecule has 5 heteroatoms. The Kier molecular flexibility index (Phi) is 2.96. The maximum atomic E-state index is 5.43. The molecule has 5 nitrogen and oxygen atoms in total. The highest BCUT2D eigenvalue weighted by Gasteiger charge is 2.04. The maximum absolute atomic E-state index is 5.43. The number of rotatable bonds is 3. The summed E-state index contributed by atoms with van der Waals surface area (Å²) in [6.45, 7) is 4.63. The monoisotopic (exact) mass is 217 g/mol. The molecule has 0 fully saturated rings. The Morgan fingerprint density at radius 1 is 1.25 bits per heavy atom. The van der Waals surface area contributed by atoms with Crippen LogP contribution >= 0.6 is 0 Å². The van der Waals surface area contributed by atoms with Crippen LogP contribution in [0.25, 0.3) is 5.69 Å². The third-order valence-electron chi connectivity index (χ3n) is 2.43. The van der Waals surface area contributed by atoms with Gasteiger partial charge in [-0.1, -0.05) is 26.0 Å². The fourth-order valence-corrected chi connectivity index (χ4v) is 1.43. The molecule has 0 bridgehead atoms. The van der Waals surface area contributed by atoms with Crippen LogP contribution in [0.15, 0.2) is 24.3 Å². The fraction of sp³-hybridized carbons (Fsp3) is 0.364. The molecule has 0 atom stereocenters. The number of hydrogen-bond acceptors (Lipinski definition) is 4. The third kappa shape index (κ3) is 2.09. The Balaban J connectivity index is 2.27. The van der Waals surface area contributed by atoms with Crippen LogP contribution in [0.5, 0.6) is 0 Å². The number of aromatic nitrogens is 4. The van der Waals surface area contributed by atoms with E-state index in [-0.39, 0.29) is 0 Å². The van der Waals surface area contributed by atoms with Crippen LogP contribution in [-0.4, -0.2) is 20.2 Å². The van der Waals surface area contributed by atoms with E-state index in [1.54, 1.807) is 0 Å². The van der Waals surface area contributed by atoms with Gasteiger partial charge in [0.25, 0.3) is 0 Å². The van der Waals surface area contributed by atoms with E-state index in [1.165, 1.54) is 10.4 Å². The lowest BCUT2D eigenvalue weighted by molar-refractivity contribution is 0.716. The van der Waals surface area contributed by atoms with Gasteiger partial charge in [0.2, 0.25) is 0 Å². The van der Waals surface area contributed by atoms with Gasteiger partial charge in [-0.05, 0) is 28.8 Å². The van der Waals surface area contributed by atoms with E-state index in [1.807, 2.05) is 12.1 Å². The summed E-state index contributed by atoms with van der Waals surface area (Å²) in [5.41, 5.74) is 7.62. The number of nitrogens with two attached hydrogens (primary N) is 1. The molecule has 0 unspecified atom stereocenters. The van der Waals surface area contributed by atoms with E-state index in [4.69, 9.17) is 5.73 Å². The molecule has 0 aliphatic rings. The first-order valence-corrected chi connectivity index (χ1v) is 5.30. The van der Waals surface area contributed by atoms with Crippen molar-refractivity contribution in [1.29, 1.82) is 0 Å². The number of benzene rings is 1. The normalized spacial score (nSPS) is 11.0. The Morgan fingerprint density at radius 3 is 2.44 bits per heavy atom. The molecule has 0 amide bonds. The van der Waals surface area contributed by atoms with Gasteiger partial charge in [0.05, 0.1) is 12.2 Å². The average molecular weight is 217 g/mol. The van der Waals surface area contributed by atoms with E-state index in [0.717, 1.165) is 5.69 Å². The van der Waals surface area contributed by atoms with E-state index >= 15 is 0 Å². The second-order valence-electron chi connectivity index (χ2n) is 3.95. The van der Waals surface area contributed by atoms with Gasteiger partial charge in [-0.25, -0.2) is 0 Å². The van der Waals surface area contributed by atoms with Crippen LogP contribution in [-0.2, 0) is 6.54 Å². The molecular formula is C11H15N5. The van der Waals surface area contributed by atoms with E-state index in [0.29, 0.717) is 18.3 Å². The van der Waals surface area contributed by atoms with Crippen LogP contribution in [0.4, 0.5) is 0 Å². The molecule has 2 N–H and O–H groups in total. The molecule has 1 heterocycles. The summed E-state index contributed by atoms with van der Waals surface area (Å²) in [5, 5.41) is 11.9. The summed E-state index contributed by atoms with van der Waals surface area (Å²) in [6, 6.07) is 8.12. The van der Waals surface area contributed by atoms with Crippen molar-refractivity contribution in [2.24, 2.45) is 5.73 Å². The molecule has 0 saturated carbocycles. The van der Waals surface area contributed by atoms with Crippen molar-refractivity contribution in [3.05, 3.63) is 35.7 Å². The molecule has 16 heavy (non-hydrogen) atoms. The highest BCUT2D eigenvalue weighted by molar-refractivity contribution is 5.33. The van der Waals surface area contributed by atoms with Gasteiger partial charge in [0, 0.05) is 0 Å². The van der Waals surface area contributed by atoms with E-state index in [2.05, 4.69) is 41.4 Å². The minimum absolute atomic E-state index is 0.310. The SMILES string of the molecule is CC(C)c1ccc(-n2nnc(CN)n2)cc1. The van der Waals surface area contributed by atoms with Gasteiger partial charge < -0.3 is 5.73 Å². The van der Waals surface area contributed by atoms with Gasteiger partial charge in [0.1, 0.15) is 0 Å². The van der Waals surface area contributed by atoms with Gasteiger partial charge in [-0.15, -0.1) is 15.0 Å². The van der Waals surface area contributed by atoms with Crippen molar-refractivity contribution in [3.63, 3.8) is 0 Å². The zero-order valence-corrected chi connectivity index (χ0v) is 9.46. The van der Waals surface area contributed by atoms with Gasteiger partial charge >= 0.3 is 0 Å². The topological polar surface area (TPSA) is 69.6 Å². The zero-order valence-electron chi connectivity index (χ0n) is 9.46. The summed E-state index contributed by atoms with van der Waals surface area (Å²) in [7, 11) is 0. The van der Waals surface area contributed by atoms with Gasteiger partial charge in [0.15, 0.2) is 5.82 Å². The van der Waals surface area contributed by atoms with Crippen LogP contribution in [0.2, 0.25) is 0 Å². The van der Waals surface area contributed by atoms with E-state index < -0.39 is 0 Å². The predicted octanol–water partition coefficient (Wildman–Crippen LogP) is 1.24. The van der Waals surface area contributed by atoms with Crippen LogP contribution in [0.1, 0.15) is 31.2 Å². The Hall–Kier alpha value is -1.75. The summed E-state index contributed by atoms with van der Waals surface area (Å²) in [4.78, 5) is 1.49. The van der Waals surface area contributed by atoms with Gasteiger partial charge in [-0.2, -0.15) is 0 Å². The number of nitrogens with zero attached hydrogens (tertiary/aromatic N) is 4. The maximum Gasteiger partial charge on any atom is 0.188 e. The Labute approximate surface area is 94.3 Å². The molecule has 0 spiro atoms. The Bertz CT molecular complexity index is 457. The standard InChI is InChI=1S/C11H15N5/c1-8(2)9-3-5-10(6-4-9)16-14-11(7-12)13-15-16/h3-6,8H,7,12H2,1-2H3. The highest BCUT2D eigenvalue weighted by Crippen LogP contribution is 2.15. The molecule has 1 aromatic carbocycles. The quantitative estimate of drug-likeness (QED) is 0.839. The lowest BCUT2D eigenvalue weighted by atomic mass is 10.0. The first-order valence-electron chi connectivity index (χ1n) is 5.30. The lowest BCUT2D eigenvalue weighted by Crippen LogP contribution is -2.02. The van der Waals surface area contributed by atoms with E-state index in [9.17, 15) is 0 Å². The smallest absolute Gasteiger partial charge is 0.188 e. The van der Waals surface area contributed by atoms with Crippen molar-refractivity contribution >= 4 is 0 Å². The summed E-state index contributed by atoms with van der Waals surface area (Å²) in [6.07, 6.45) is 0. The summed E-state index contributed by atoms with van der Waals surface area (Å²) < 4.78 is 0. The van der Waals surface area contributed by atoms with Gasteiger partial charge in [-0.3, -0.25) is 0 Å². The molecule has 2 rings (SSSR count). The van der Waals surface area contributed by atoms with Crippen LogP contribution < -0.4 is 5.73 Å². The predicted molar refractivity (Wildman–Crippen MR) is 61.1 cm³/mol. The highest BCUT2D eigenvalue weighted by atomic mass is 15.6. The third-order valence-corrected chi connectivity index (χ3v) is 2.43. The molecule has 1 aromatic heterocycles. The second-order valence-corrected chi connectivity index (χ2v) is 3.95. The second kappa shape index (κ2) is 4.40. The molecule has 0 aliphatic carbocycles. The minimum Gasteiger partial charge on any atom is -0.324 e. The Morgan fingerprint density at radius 2 is 1.94 bits per heavy atom. The fourth-order valence-electron chi connectivity index (χ4n) is 1.43. The number of hydrogen-bond donors (Lipinski definition) is 1. The average Bonchev–Trinajstić information content (AvgIpc) is 2.77. The van der Waals surface area contributed by atoms with Crippen molar-refractivity contribution < 1.29 is 0 Å². The lowest BCUT2D eigenvalue weighted by Gasteiger charge is -2.05. The molecule has 2 aromatic rings. The van der Waals surface area contributed by atoms with Crippen LogP contribution in [0, 0.1) is 0 Å². The molecule has 0 aliphatic heterocycles. The first-order chi connectivity index (χ1) is 7.70. The van der Waals surface area contributed by atoms with Crippen LogP contribution in [0.3, 0.4) is 0 Å². The minimum atomic E-state index is 0.310. The molecule has 84 valence electrons. The summed E-state index contributed by atoms with van der Waals surface area (Å²) >= 11 is 0. The molecular weight excluding hydrogens is 202 g/mol. The van der Waals surface area contributed by atoms with Crippen molar-refractivity contribution in [3.8, 4) is 5.69 Å². The van der Waals surface area contributed by atoms with Crippen molar-refractivity contribution in [2.45, 2.75) is 26.3 Å². The largest absolute Gasteiger partial charge is 0.324 e. The van der Waals surface area contributed by atoms with Crippen molar-refractivity contribution in [2.75, 3.05) is 0 Å². The zero-order chi connectivity index (χ0) is 11.5. The van der Waals surface area contributed by atoms with Crippen molar-refractivity contribution in [1.82, 2.24) is 20.2 Å². The molecule has 0 radical (unpaired) electrons. The first kappa shape index (κ1) is 10.8. The summed E-state index contributed by atoms with van der Waals surface area (Å²) in [5.74, 6) is 1.07. The molecule has 0 saturated heterocycles.